The van der Waals surface area contributed by atoms with Crippen molar-refractivity contribution in [2.45, 2.75) is 69.4 Å². The van der Waals surface area contributed by atoms with Crippen LogP contribution in [-0.4, -0.2) is 40.0 Å². The highest BCUT2D eigenvalue weighted by Gasteiger charge is 2.33. The van der Waals surface area contributed by atoms with Crippen LogP contribution >= 0.6 is 0 Å². The molecule has 1 saturated heterocycles. The van der Waals surface area contributed by atoms with E-state index >= 15 is 0 Å². The Hall–Kier alpha value is -3.13. The summed E-state index contributed by atoms with van der Waals surface area (Å²) >= 11 is 0. The summed E-state index contributed by atoms with van der Waals surface area (Å²) in [7, 11) is 0. The molecule has 2 aliphatic carbocycles. The van der Waals surface area contributed by atoms with Crippen LogP contribution in [0.3, 0.4) is 0 Å². The van der Waals surface area contributed by atoms with Crippen LogP contribution in [0.2, 0.25) is 0 Å². The Labute approximate surface area is 198 Å². The molecule has 3 aliphatic rings. The number of amides is 1. The van der Waals surface area contributed by atoms with Crippen molar-refractivity contribution in [3.63, 3.8) is 0 Å². The normalized spacial score (nSPS) is 22.9. The fourth-order valence-corrected chi connectivity index (χ4v) is 5.46. The van der Waals surface area contributed by atoms with Crippen LogP contribution in [-0.2, 0) is 0 Å². The number of fused-ring (bicyclic) bond motifs is 1. The quantitative estimate of drug-likeness (QED) is 0.444. The molecule has 3 aromatic rings. The molecule has 0 unspecified atom stereocenters. The van der Waals surface area contributed by atoms with Crippen molar-refractivity contribution in [2.75, 3.05) is 23.3 Å². The van der Waals surface area contributed by atoms with Gasteiger partial charge in [0.15, 0.2) is 5.69 Å². The van der Waals surface area contributed by atoms with Gasteiger partial charge in [0.05, 0.1) is 29.0 Å². The summed E-state index contributed by atoms with van der Waals surface area (Å²) in [4.78, 5) is 15.5. The first-order chi connectivity index (χ1) is 16.6. The molecule has 8 nitrogen and oxygen atoms in total. The van der Waals surface area contributed by atoms with E-state index in [-0.39, 0.29) is 29.7 Å². The molecule has 0 atom stereocenters. The number of nitrogens with one attached hydrogen (secondary N) is 1. The largest absolute Gasteiger partial charge is 0.618 e. The monoisotopic (exact) mass is 461 g/mol. The Bertz CT molecular complexity index is 1220. The predicted octanol–water partition coefficient (Wildman–Crippen LogP) is 3.88. The average Bonchev–Trinajstić information content (AvgIpc) is 3.36. The maximum Gasteiger partial charge on any atom is 0.321 e. The number of aliphatic hydroxyl groups is 1. The molecule has 1 aromatic carbocycles. The minimum absolute atomic E-state index is 0.133. The van der Waals surface area contributed by atoms with E-state index in [9.17, 15) is 15.1 Å². The number of aliphatic hydroxyl groups excluding tert-OH is 1. The molecule has 2 aromatic heterocycles. The van der Waals surface area contributed by atoms with Crippen molar-refractivity contribution in [3.8, 4) is 0 Å². The van der Waals surface area contributed by atoms with Gasteiger partial charge in [0.1, 0.15) is 0 Å². The minimum Gasteiger partial charge on any atom is -0.618 e. The third-order valence-corrected chi connectivity index (χ3v) is 7.58. The molecule has 0 spiro atoms. The minimum atomic E-state index is -0.383. The van der Waals surface area contributed by atoms with Gasteiger partial charge >= 0.3 is 5.91 Å². The molecule has 3 fully saturated rings. The second-order valence-electron chi connectivity index (χ2n) is 10.1. The van der Waals surface area contributed by atoms with E-state index in [1.807, 2.05) is 23.0 Å². The standard InChI is InChI=1S/C26H31N5O3/c32-20-10-8-19(9-11-20)30-16-18-14-22(25(15-21(18)28-30)29-12-1-2-13-29)27-26(33)24-5-3-4-23(31(24)34)17-6-7-17/h3-5,14-17,19-20,32H,1-2,6-13H2,(H,27,33). The maximum absolute atomic E-state index is 13.2. The van der Waals surface area contributed by atoms with Crippen LogP contribution in [0.15, 0.2) is 36.5 Å². The Morgan fingerprint density at radius 2 is 1.85 bits per heavy atom. The molecular formula is C26H31N5O3. The van der Waals surface area contributed by atoms with Gasteiger partial charge in [-0.1, -0.05) is 0 Å². The molecular weight excluding hydrogens is 430 g/mol. The Morgan fingerprint density at radius 1 is 1.09 bits per heavy atom. The van der Waals surface area contributed by atoms with E-state index in [0.29, 0.717) is 5.69 Å². The highest BCUT2D eigenvalue weighted by molar-refractivity contribution is 6.05. The van der Waals surface area contributed by atoms with Crippen molar-refractivity contribution in [1.29, 1.82) is 0 Å². The first-order valence-corrected chi connectivity index (χ1v) is 12.6. The molecule has 1 amide bonds. The number of rotatable bonds is 5. The number of carbonyl (C=O) groups is 1. The molecule has 6 rings (SSSR count). The number of pyridine rings is 1. The van der Waals surface area contributed by atoms with Gasteiger partial charge < -0.3 is 20.5 Å². The van der Waals surface area contributed by atoms with Gasteiger partial charge in [-0.2, -0.15) is 9.83 Å². The van der Waals surface area contributed by atoms with Gasteiger partial charge in [-0.15, -0.1) is 0 Å². The van der Waals surface area contributed by atoms with E-state index in [4.69, 9.17) is 5.10 Å². The third kappa shape index (κ3) is 4.00. The molecule has 2 N–H and O–H groups in total. The number of aromatic nitrogens is 3. The van der Waals surface area contributed by atoms with Crippen LogP contribution < -0.4 is 14.9 Å². The number of anilines is 2. The summed E-state index contributed by atoms with van der Waals surface area (Å²) in [5.74, 6) is -0.112. The molecule has 1 aliphatic heterocycles. The van der Waals surface area contributed by atoms with E-state index in [1.54, 1.807) is 12.1 Å². The molecule has 0 radical (unpaired) electrons. The molecule has 0 bridgehead atoms. The maximum atomic E-state index is 13.2. The highest BCUT2D eigenvalue weighted by atomic mass is 16.5. The van der Waals surface area contributed by atoms with Crippen LogP contribution in [0, 0.1) is 5.21 Å². The highest BCUT2D eigenvalue weighted by Crippen LogP contribution is 2.38. The number of hydrogen-bond acceptors (Lipinski definition) is 5. The van der Waals surface area contributed by atoms with E-state index < -0.39 is 0 Å². The number of nitrogens with zero attached hydrogens (tertiary/aromatic N) is 4. The molecule has 178 valence electrons. The Morgan fingerprint density at radius 3 is 2.59 bits per heavy atom. The molecule has 34 heavy (non-hydrogen) atoms. The summed E-state index contributed by atoms with van der Waals surface area (Å²) in [6.07, 6.45) is 9.53. The summed E-state index contributed by atoms with van der Waals surface area (Å²) in [6.45, 7) is 1.88. The first kappa shape index (κ1) is 21.4. The second kappa shape index (κ2) is 8.58. The molecule has 8 heteroatoms. The van der Waals surface area contributed by atoms with Crippen LogP contribution in [0.25, 0.3) is 10.9 Å². The fraction of sp³-hybridized carbons (Fsp3) is 0.500. The van der Waals surface area contributed by atoms with Crippen LogP contribution in [0.4, 0.5) is 11.4 Å². The fourth-order valence-electron chi connectivity index (χ4n) is 5.46. The lowest BCUT2D eigenvalue weighted by Crippen LogP contribution is -2.40. The molecule has 2 saturated carbocycles. The van der Waals surface area contributed by atoms with E-state index in [2.05, 4.69) is 16.3 Å². The summed E-state index contributed by atoms with van der Waals surface area (Å²) in [6, 6.07) is 9.55. The lowest BCUT2D eigenvalue weighted by Gasteiger charge is -2.25. The number of benzene rings is 1. The van der Waals surface area contributed by atoms with Gasteiger partial charge in [-0.25, -0.2) is 0 Å². The lowest BCUT2D eigenvalue weighted by atomic mass is 9.93. The molecule has 3 heterocycles. The Kier molecular flexibility index (Phi) is 5.40. The zero-order valence-electron chi connectivity index (χ0n) is 19.3. The van der Waals surface area contributed by atoms with Crippen molar-refractivity contribution in [2.24, 2.45) is 0 Å². The lowest BCUT2D eigenvalue weighted by molar-refractivity contribution is -0.616. The first-order valence-electron chi connectivity index (χ1n) is 12.6. The SMILES string of the molecule is O=C(Nc1cc2cn(C3CCC(O)CC3)nc2cc1N1CCCC1)c1cccc(C2CC2)[n+]1[O-]. The van der Waals surface area contributed by atoms with Gasteiger partial charge in [0, 0.05) is 42.7 Å². The van der Waals surface area contributed by atoms with Crippen LogP contribution in [0.5, 0.6) is 0 Å². The zero-order chi connectivity index (χ0) is 23.2. The van der Waals surface area contributed by atoms with Gasteiger partial charge in [-0.3, -0.25) is 9.48 Å². The van der Waals surface area contributed by atoms with Gasteiger partial charge in [-0.05, 0) is 69.6 Å². The predicted molar refractivity (Wildman–Crippen MR) is 130 cm³/mol. The van der Waals surface area contributed by atoms with Gasteiger partial charge in [0.2, 0.25) is 0 Å². The third-order valence-electron chi connectivity index (χ3n) is 7.58. The number of carbonyl (C=O) groups excluding carboxylic acids is 1. The van der Waals surface area contributed by atoms with E-state index in [1.165, 1.54) is 0 Å². The summed E-state index contributed by atoms with van der Waals surface area (Å²) < 4.78 is 2.83. The van der Waals surface area contributed by atoms with Crippen LogP contribution in [0.1, 0.15) is 79.5 Å². The smallest absolute Gasteiger partial charge is 0.321 e. The van der Waals surface area contributed by atoms with Gasteiger partial charge in [0.25, 0.3) is 5.69 Å². The average molecular weight is 462 g/mol. The van der Waals surface area contributed by atoms with Crippen molar-refractivity contribution in [1.82, 2.24) is 9.78 Å². The summed E-state index contributed by atoms with van der Waals surface area (Å²) in [5.41, 5.74) is 3.39. The zero-order valence-corrected chi connectivity index (χ0v) is 19.3. The van der Waals surface area contributed by atoms with Crippen molar-refractivity contribution in [3.05, 3.63) is 53.1 Å². The summed E-state index contributed by atoms with van der Waals surface area (Å²) in [5, 5.41) is 31.6. The van der Waals surface area contributed by atoms with Crippen molar-refractivity contribution >= 4 is 28.2 Å². The number of hydrogen-bond donors (Lipinski definition) is 2. The van der Waals surface area contributed by atoms with Crippen molar-refractivity contribution < 1.29 is 14.6 Å². The second-order valence-corrected chi connectivity index (χ2v) is 10.1. The Balaban J connectivity index is 1.34. The van der Waals surface area contributed by atoms with E-state index in [0.717, 1.165) is 91.5 Å². The topological polar surface area (TPSA) is 97.3 Å².